The molecule has 2 rings (SSSR count). The van der Waals surface area contributed by atoms with Crippen molar-refractivity contribution in [2.24, 2.45) is 21.1 Å². The summed E-state index contributed by atoms with van der Waals surface area (Å²) in [5, 5.41) is 0. The molecule has 2 aromatic rings. The average Bonchev–Trinajstić information content (AvgIpc) is 2.38. The first-order valence-corrected chi connectivity index (χ1v) is 4.16. The molecular formula is C8H11N4O2+. The lowest BCUT2D eigenvalue weighted by molar-refractivity contribution is -0.648. The molecule has 0 bridgehead atoms. The van der Waals surface area contributed by atoms with E-state index in [1.54, 1.807) is 36.6 Å². The minimum Gasteiger partial charge on any atom is -0.265 e. The Kier molecular flexibility index (Phi) is 1.60. The first kappa shape index (κ1) is 8.74. The summed E-state index contributed by atoms with van der Waals surface area (Å²) in [4.78, 5) is 25.0. The monoisotopic (exact) mass is 195 g/mol. The summed E-state index contributed by atoms with van der Waals surface area (Å²) < 4.78 is 4.84. The van der Waals surface area contributed by atoms with Gasteiger partial charge in [-0.2, -0.15) is 0 Å². The van der Waals surface area contributed by atoms with E-state index in [0.717, 1.165) is 0 Å². The van der Waals surface area contributed by atoms with E-state index in [9.17, 15) is 9.59 Å². The molecule has 0 saturated carbocycles. The highest BCUT2D eigenvalue weighted by Crippen LogP contribution is 1.98. The Morgan fingerprint density at radius 3 is 2.64 bits per heavy atom. The van der Waals surface area contributed by atoms with Crippen molar-refractivity contribution in [1.29, 1.82) is 0 Å². The lowest BCUT2D eigenvalue weighted by Crippen LogP contribution is -2.36. The summed E-state index contributed by atoms with van der Waals surface area (Å²) in [5.74, 6) is 0. The summed E-state index contributed by atoms with van der Waals surface area (Å²) in [6.07, 6.45) is 1.75. The molecule has 0 spiro atoms. The molecular weight excluding hydrogens is 184 g/mol. The predicted molar refractivity (Wildman–Crippen MR) is 50.0 cm³/mol. The standard InChI is InChI=1S/C8H10N4O2/c1-10-4-11(2)7-5(10)6(13)9-8(14)12(7)3/h4H,1-3H3/p+1. The van der Waals surface area contributed by atoms with E-state index in [-0.39, 0.29) is 5.56 Å². The van der Waals surface area contributed by atoms with Crippen LogP contribution in [-0.2, 0) is 21.1 Å². The van der Waals surface area contributed by atoms with Crippen LogP contribution in [0.25, 0.3) is 11.2 Å². The summed E-state index contributed by atoms with van der Waals surface area (Å²) in [6.45, 7) is 0. The average molecular weight is 195 g/mol. The van der Waals surface area contributed by atoms with Crippen LogP contribution in [0, 0.1) is 0 Å². The number of aryl methyl sites for hydroxylation is 3. The summed E-state index contributed by atoms with van der Waals surface area (Å²) >= 11 is 0. The number of imidazole rings is 1. The lowest BCUT2D eigenvalue weighted by Gasteiger charge is -1.93. The van der Waals surface area contributed by atoms with Crippen LogP contribution in [0.3, 0.4) is 0 Å². The maximum atomic E-state index is 11.5. The molecule has 6 nitrogen and oxygen atoms in total. The van der Waals surface area contributed by atoms with Crippen LogP contribution in [0.5, 0.6) is 0 Å². The van der Waals surface area contributed by atoms with Gasteiger partial charge in [0, 0.05) is 0 Å². The Balaban J connectivity index is 3.22. The first-order valence-electron chi connectivity index (χ1n) is 4.16. The number of aromatic amines is 1. The van der Waals surface area contributed by atoms with Crippen LogP contribution in [0.2, 0.25) is 0 Å². The van der Waals surface area contributed by atoms with Crippen molar-refractivity contribution in [3.63, 3.8) is 0 Å². The van der Waals surface area contributed by atoms with Gasteiger partial charge in [0.2, 0.25) is 5.52 Å². The molecule has 0 aliphatic rings. The Morgan fingerprint density at radius 1 is 1.36 bits per heavy atom. The van der Waals surface area contributed by atoms with Gasteiger partial charge >= 0.3 is 5.69 Å². The molecule has 0 atom stereocenters. The fourth-order valence-electron chi connectivity index (χ4n) is 1.69. The molecule has 0 aromatic carbocycles. The van der Waals surface area contributed by atoms with Crippen molar-refractivity contribution >= 4 is 11.2 Å². The quantitative estimate of drug-likeness (QED) is 0.514. The zero-order chi connectivity index (χ0) is 10.5. The molecule has 0 aliphatic heterocycles. The highest BCUT2D eigenvalue weighted by molar-refractivity contribution is 5.65. The van der Waals surface area contributed by atoms with Crippen LogP contribution in [-0.4, -0.2) is 14.1 Å². The van der Waals surface area contributed by atoms with Gasteiger partial charge < -0.3 is 0 Å². The van der Waals surface area contributed by atoms with E-state index in [4.69, 9.17) is 0 Å². The molecule has 0 aliphatic carbocycles. The second-order valence-corrected chi connectivity index (χ2v) is 3.33. The van der Waals surface area contributed by atoms with Crippen molar-refractivity contribution in [1.82, 2.24) is 14.1 Å². The molecule has 6 heteroatoms. The number of H-pyrrole nitrogens is 1. The number of hydrogen-bond acceptors (Lipinski definition) is 2. The molecule has 0 radical (unpaired) electrons. The van der Waals surface area contributed by atoms with Gasteiger partial charge in [-0.25, -0.2) is 13.9 Å². The first-order chi connectivity index (χ1) is 6.52. The highest BCUT2D eigenvalue weighted by Gasteiger charge is 2.17. The molecule has 0 unspecified atom stereocenters. The van der Waals surface area contributed by atoms with Gasteiger partial charge in [0.05, 0.1) is 21.1 Å². The Labute approximate surface area is 79.0 Å². The summed E-state index contributed by atoms with van der Waals surface area (Å²) in [7, 11) is 5.18. The SMILES string of the molecule is Cn1c[n+](C)c2c1c(=O)[nH]c(=O)n2C. The van der Waals surface area contributed by atoms with Gasteiger partial charge in [0.25, 0.3) is 11.2 Å². The highest BCUT2D eigenvalue weighted by atomic mass is 16.2. The fourth-order valence-corrected chi connectivity index (χ4v) is 1.69. The molecule has 2 heterocycles. The molecule has 74 valence electrons. The molecule has 0 amide bonds. The minimum absolute atomic E-state index is 0.355. The van der Waals surface area contributed by atoms with Crippen molar-refractivity contribution in [2.75, 3.05) is 0 Å². The molecule has 1 N–H and O–H groups in total. The third kappa shape index (κ3) is 0.935. The third-order valence-corrected chi connectivity index (χ3v) is 2.30. The van der Waals surface area contributed by atoms with Crippen LogP contribution in [0.1, 0.15) is 0 Å². The van der Waals surface area contributed by atoms with Crippen molar-refractivity contribution < 1.29 is 4.57 Å². The zero-order valence-corrected chi connectivity index (χ0v) is 8.24. The second-order valence-electron chi connectivity index (χ2n) is 3.33. The van der Waals surface area contributed by atoms with E-state index in [2.05, 4.69) is 4.98 Å². The summed E-state index contributed by atoms with van der Waals surface area (Å²) in [5.41, 5.74) is 0.353. The largest absolute Gasteiger partial charge is 0.386 e. The van der Waals surface area contributed by atoms with E-state index < -0.39 is 5.69 Å². The second kappa shape index (κ2) is 2.57. The lowest BCUT2D eigenvalue weighted by atomic mass is 10.5. The zero-order valence-electron chi connectivity index (χ0n) is 8.24. The van der Waals surface area contributed by atoms with Crippen LogP contribution >= 0.6 is 0 Å². The van der Waals surface area contributed by atoms with Gasteiger partial charge in [0.1, 0.15) is 0 Å². The normalized spacial score (nSPS) is 11.1. The maximum absolute atomic E-state index is 11.5. The Morgan fingerprint density at radius 2 is 2.00 bits per heavy atom. The minimum atomic E-state index is -0.399. The van der Waals surface area contributed by atoms with E-state index >= 15 is 0 Å². The molecule has 0 fully saturated rings. The topological polar surface area (TPSA) is 63.7 Å². The number of rotatable bonds is 0. The van der Waals surface area contributed by atoms with E-state index in [1.807, 2.05) is 0 Å². The summed E-state index contributed by atoms with van der Waals surface area (Å²) in [6, 6.07) is 0. The van der Waals surface area contributed by atoms with E-state index in [1.165, 1.54) is 4.57 Å². The van der Waals surface area contributed by atoms with Gasteiger partial charge in [-0.15, -0.1) is 0 Å². The van der Waals surface area contributed by atoms with E-state index in [0.29, 0.717) is 11.2 Å². The van der Waals surface area contributed by atoms with Gasteiger partial charge in [0.15, 0.2) is 6.33 Å². The maximum Gasteiger partial charge on any atom is 0.386 e. The molecule has 0 saturated heterocycles. The number of nitrogens with one attached hydrogen (secondary N) is 1. The number of fused-ring (bicyclic) bond motifs is 1. The van der Waals surface area contributed by atoms with Crippen molar-refractivity contribution in [3.8, 4) is 0 Å². The Bertz CT molecular complexity index is 617. The number of nitrogens with zero attached hydrogens (tertiary/aromatic N) is 3. The van der Waals surface area contributed by atoms with Crippen molar-refractivity contribution in [3.05, 3.63) is 27.2 Å². The molecule has 14 heavy (non-hydrogen) atoms. The predicted octanol–water partition coefficient (Wildman–Crippen LogP) is -1.61. The third-order valence-electron chi connectivity index (χ3n) is 2.30. The Hall–Kier alpha value is -1.85. The smallest absolute Gasteiger partial charge is 0.265 e. The number of aromatic nitrogens is 4. The fraction of sp³-hybridized carbons (Fsp3) is 0.375. The van der Waals surface area contributed by atoms with Crippen LogP contribution in [0.4, 0.5) is 0 Å². The van der Waals surface area contributed by atoms with Crippen LogP contribution in [0.15, 0.2) is 15.9 Å². The van der Waals surface area contributed by atoms with Gasteiger partial charge in [-0.1, -0.05) is 0 Å². The van der Waals surface area contributed by atoms with Crippen molar-refractivity contribution in [2.45, 2.75) is 0 Å². The molecule has 2 aromatic heterocycles. The van der Waals surface area contributed by atoms with Gasteiger partial charge in [-0.3, -0.25) is 14.3 Å². The van der Waals surface area contributed by atoms with Crippen LogP contribution < -0.4 is 15.8 Å². The van der Waals surface area contributed by atoms with Gasteiger partial charge in [-0.05, 0) is 0 Å². The number of hydrogen-bond donors (Lipinski definition) is 1.